The molecular formula is C12H16N2O2S. The van der Waals surface area contributed by atoms with Crippen molar-refractivity contribution >= 4 is 23.2 Å². The van der Waals surface area contributed by atoms with Crippen LogP contribution in [0.2, 0.25) is 0 Å². The maximum atomic E-state index is 11.9. The van der Waals surface area contributed by atoms with Crippen molar-refractivity contribution < 1.29 is 9.59 Å². The first kappa shape index (κ1) is 12.1. The van der Waals surface area contributed by atoms with Crippen molar-refractivity contribution in [1.29, 1.82) is 0 Å². The van der Waals surface area contributed by atoms with Gasteiger partial charge in [0.1, 0.15) is 6.04 Å². The fourth-order valence-corrected chi connectivity index (χ4v) is 2.99. The van der Waals surface area contributed by atoms with Crippen LogP contribution in [0.3, 0.4) is 0 Å². The highest BCUT2D eigenvalue weighted by atomic mass is 32.1. The number of hydrogen-bond acceptors (Lipinski definition) is 3. The molecule has 2 heterocycles. The van der Waals surface area contributed by atoms with E-state index in [1.165, 1.54) is 10.4 Å². The Bertz CT molecular complexity index is 441. The zero-order valence-corrected chi connectivity index (χ0v) is 10.8. The summed E-state index contributed by atoms with van der Waals surface area (Å²) in [5.41, 5.74) is 1.27. The van der Waals surface area contributed by atoms with E-state index in [0.717, 1.165) is 6.42 Å². The Labute approximate surface area is 105 Å². The standard InChI is InChI=1S/C12H16N2O2S/c1-3-9-4-5-17-10(9)6-14-7-11(15)13-8(2)12(14)16/h4-5,8H,3,6-7H2,1-2H3,(H,13,15). The third-order valence-corrected chi connectivity index (χ3v) is 3.90. The molecule has 4 nitrogen and oxygen atoms in total. The average Bonchev–Trinajstić information content (AvgIpc) is 2.72. The predicted molar refractivity (Wildman–Crippen MR) is 66.7 cm³/mol. The summed E-state index contributed by atoms with van der Waals surface area (Å²) in [7, 11) is 0. The molecule has 2 amide bonds. The van der Waals surface area contributed by atoms with E-state index >= 15 is 0 Å². The fraction of sp³-hybridized carbons (Fsp3) is 0.500. The molecule has 92 valence electrons. The normalized spacial score (nSPS) is 20.6. The maximum Gasteiger partial charge on any atom is 0.245 e. The third-order valence-electron chi connectivity index (χ3n) is 2.95. The van der Waals surface area contributed by atoms with E-state index < -0.39 is 6.04 Å². The Morgan fingerprint density at radius 2 is 2.29 bits per heavy atom. The molecule has 1 saturated heterocycles. The Hall–Kier alpha value is -1.36. The summed E-state index contributed by atoms with van der Waals surface area (Å²) in [6.45, 7) is 4.54. The lowest BCUT2D eigenvalue weighted by Crippen LogP contribution is -2.56. The molecule has 1 atom stereocenters. The topological polar surface area (TPSA) is 49.4 Å². The highest BCUT2D eigenvalue weighted by Crippen LogP contribution is 2.20. The fourth-order valence-electron chi connectivity index (χ4n) is 2.00. The van der Waals surface area contributed by atoms with Crippen LogP contribution in [0.1, 0.15) is 24.3 Å². The summed E-state index contributed by atoms with van der Waals surface area (Å²) in [4.78, 5) is 26.1. The van der Waals surface area contributed by atoms with Crippen LogP contribution in [0.4, 0.5) is 0 Å². The Kier molecular flexibility index (Phi) is 3.47. The second-order valence-corrected chi connectivity index (χ2v) is 5.21. The van der Waals surface area contributed by atoms with Crippen molar-refractivity contribution in [1.82, 2.24) is 10.2 Å². The van der Waals surface area contributed by atoms with E-state index in [1.54, 1.807) is 23.2 Å². The highest BCUT2D eigenvalue weighted by Gasteiger charge is 2.29. The van der Waals surface area contributed by atoms with Gasteiger partial charge < -0.3 is 10.2 Å². The average molecular weight is 252 g/mol. The summed E-state index contributed by atoms with van der Waals surface area (Å²) >= 11 is 1.65. The monoisotopic (exact) mass is 252 g/mol. The van der Waals surface area contributed by atoms with Gasteiger partial charge in [-0.3, -0.25) is 9.59 Å². The molecule has 1 aromatic heterocycles. The maximum absolute atomic E-state index is 11.9. The lowest BCUT2D eigenvalue weighted by Gasteiger charge is -2.30. The molecule has 2 rings (SSSR count). The zero-order chi connectivity index (χ0) is 12.4. The van der Waals surface area contributed by atoms with Gasteiger partial charge in [-0.1, -0.05) is 6.92 Å². The smallest absolute Gasteiger partial charge is 0.245 e. The van der Waals surface area contributed by atoms with Crippen molar-refractivity contribution in [3.05, 3.63) is 21.9 Å². The first-order valence-electron chi connectivity index (χ1n) is 5.75. The summed E-state index contributed by atoms with van der Waals surface area (Å²) in [5.74, 6) is -0.0771. The molecule has 0 bridgehead atoms. The molecule has 0 aliphatic carbocycles. The number of thiophene rings is 1. The van der Waals surface area contributed by atoms with E-state index in [-0.39, 0.29) is 18.4 Å². The third kappa shape index (κ3) is 2.49. The Morgan fingerprint density at radius 1 is 1.53 bits per heavy atom. The molecule has 1 N–H and O–H groups in total. The number of aryl methyl sites for hydroxylation is 1. The number of hydrogen-bond donors (Lipinski definition) is 1. The van der Waals surface area contributed by atoms with E-state index in [0.29, 0.717) is 6.54 Å². The number of carbonyl (C=O) groups excluding carboxylic acids is 2. The van der Waals surface area contributed by atoms with Crippen LogP contribution < -0.4 is 5.32 Å². The quantitative estimate of drug-likeness (QED) is 0.877. The first-order valence-corrected chi connectivity index (χ1v) is 6.63. The van der Waals surface area contributed by atoms with Gasteiger partial charge in [-0.15, -0.1) is 11.3 Å². The van der Waals surface area contributed by atoms with Crippen LogP contribution in [-0.4, -0.2) is 29.3 Å². The van der Waals surface area contributed by atoms with Crippen LogP contribution in [-0.2, 0) is 22.6 Å². The van der Waals surface area contributed by atoms with Gasteiger partial charge in [0.05, 0.1) is 13.1 Å². The number of nitrogens with one attached hydrogen (secondary N) is 1. The molecule has 0 spiro atoms. The molecule has 5 heteroatoms. The van der Waals surface area contributed by atoms with Crippen LogP contribution in [0.5, 0.6) is 0 Å². The van der Waals surface area contributed by atoms with Crippen molar-refractivity contribution in [2.75, 3.05) is 6.54 Å². The molecule has 1 aliphatic heterocycles. The minimum absolute atomic E-state index is 0.0000491. The lowest BCUT2D eigenvalue weighted by molar-refractivity contribution is -0.144. The SMILES string of the molecule is CCc1ccsc1CN1CC(=O)NC(C)C1=O. The van der Waals surface area contributed by atoms with E-state index in [1.807, 2.05) is 5.38 Å². The van der Waals surface area contributed by atoms with Gasteiger partial charge in [-0.05, 0) is 30.4 Å². The van der Waals surface area contributed by atoms with Gasteiger partial charge in [0, 0.05) is 4.88 Å². The van der Waals surface area contributed by atoms with Gasteiger partial charge in [0.25, 0.3) is 0 Å². The Morgan fingerprint density at radius 3 is 3.00 bits per heavy atom. The van der Waals surface area contributed by atoms with Gasteiger partial charge in [0.2, 0.25) is 11.8 Å². The molecule has 1 aliphatic rings. The number of carbonyl (C=O) groups is 2. The Balaban J connectivity index is 2.12. The largest absolute Gasteiger partial charge is 0.343 e. The zero-order valence-electron chi connectivity index (χ0n) is 10.0. The van der Waals surface area contributed by atoms with Gasteiger partial charge in [0.15, 0.2) is 0 Å². The molecule has 17 heavy (non-hydrogen) atoms. The molecule has 1 fully saturated rings. The number of piperazine rings is 1. The van der Waals surface area contributed by atoms with Gasteiger partial charge in [-0.2, -0.15) is 0 Å². The van der Waals surface area contributed by atoms with Crippen LogP contribution >= 0.6 is 11.3 Å². The van der Waals surface area contributed by atoms with Crippen molar-refractivity contribution in [2.45, 2.75) is 32.9 Å². The first-order chi connectivity index (χ1) is 8.11. The van der Waals surface area contributed by atoms with Gasteiger partial charge >= 0.3 is 0 Å². The van der Waals surface area contributed by atoms with Crippen molar-refractivity contribution in [3.63, 3.8) is 0 Å². The minimum atomic E-state index is -0.402. The number of amides is 2. The second-order valence-electron chi connectivity index (χ2n) is 4.21. The van der Waals surface area contributed by atoms with E-state index in [4.69, 9.17) is 0 Å². The van der Waals surface area contributed by atoms with E-state index in [2.05, 4.69) is 18.3 Å². The van der Waals surface area contributed by atoms with Crippen molar-refractivity contribution in [3.8, 4) is 0 Å². The number of rotatable bonds is 3. The summed E-state index contributed by atoms with van der Waals surface area (Å²) in [6, 6.07) is 1.68. The minimum Gasteiger partial charge on any atom is -0.343 e. The lowest BCUT2D eigenvalue weighted by atomic mass is 10.1. The van der Waals surface area contributed by atoms with Gasteiger partial charge in [-0.25, -0.2) is 0 Å². The summed E-state index contributed by atoms with van der Waals surface area (Å²) in [5, 5.41) is 4.67. The predicted octanol–water partition coefficient (Wildman–Crippen LogP) is 1.16. The number of nitrogens with zero attached hydrogens (tertiary/aromatic N) is 1. The second kappa shape index (κ2) is 4.87. The van der Waals surface area contributed by atoms with Crippen LogP contribution in [0.25, 0.3) is 0 Å². The van der Waals surface area contributed by atoms with E-state index in [9.17, 15) is 9.59 Å². The molecule has 1 aromatic rings. The molecular weight excluding hydrogens is 236 g/mol. The van der Waals surface area contributed by atoms with Crippen LogP contribution in [0, 0.1) is 0 Å². The highest BCUT2D eigenvalue weighted by molar-refractivity contribution is 7.10. The molecule has 0 aromatic carbocycles. The van der Waals surface area contributed by atoms with Crippen molar-refractivity contribution in [2.24, 2.45) is 0 Å². The summed E-state index contributed by atoms with van der Waals surface area (Å²) < 4.78 is 0. The molecule has 1 unspecified atom stereocenters. The molecule has 0 radical (unpaired) electrons. The summed E-state index contributed by atoms with van der Waals surface area (Å²) in [6.07, 6.45) is 0.961. The van der Waals surface area contributed by atoms with Crippen LogP contribution in [0.15, 0.2) is 11.4 Å². The molecule has 0 saturated carbocycles.